The number of carbonyl (C=O) groups excluding carboxylic acids is 1. The first-order valence-corrected chi connectivity index (χ1v) is 10.8. The average molecular weight is 419 g/mol. The van der Waals surface area contributed by atoms with Crippen molar-refractivity contribution >= 4 is 11.9 Å². The predicted molar refractivity (Wildman–Crippen MR) is 121 cm³/mol. The Morgan fingerprint density at radius 1 is 1.13 bits per heavy atom. The quantitative estimate of drug-likeness (QED) is 0.427. The van der Waals surface area contributed by atoms with Crippen molar-refractivity contribution in [3.05, 3.63) is 29.8 Å². The Hall–Kier alpha value is -2.28. The van der Waals surface area contributed by atoms with Crippen LogP contribution in [-0.4, -0.2) is 71.3 Å². The van der Waals surface area contributed by atoms with Gasteiger partial charge < -0.3 is 25.0 Å². The van der Waals surface area contributed by atoms with Gasteiger partial charge in [0, 0.05) is 40.9 Å². The van der Waals surface area contributed by atoms with Crippen LogP contribution >= 0.6 is 0 Å². The van der Waals surface area contributed by atoms with Gasteiger partial charge in [-0.05, 0) is 48.8 Å². The normalized spacial score (nSPS) is 15.7. The molecule has 2 rings (SSSR count). The molecule has 30 heavy (non-hydrogen) atoms. The van der Waals surface area contributed by atoms with Gasteiger partial charge in [0.25, 0.3) is 0 Å². The van der Waals surface area contributed by atoms with Crippen molar-refractivity contribution in [3.63, 3.8) is 0 Å². The van der Waals surface area contributed by atoms with Crippen molar-refractivity contribution in [3.8, 4) is 5.75 Å². The largest absolute Gasteiger partial charge is 0.497 e. The first kappa shape index (κ1) is 24.0. The fourth-order valence-corrected chi connectivity index (χ4v) is 3.81. The second-order valence-corrected chi connectivity index (χ2v) is 8.28. The van der Waals surface area contributed by atoms with Gasteiger partial charge in [-0.3, -0.25) is 4.79 Å². The number of nitrogens with one attached hydrogen (secondary N) is 2. The number of methoxy groups -OCH3 is 2. The van der Waals surface area contributed by atoms with Gasteiger partial charge in [0.15, 0.2) is 5.96 Å². The van der Waals surface area contributed by atoms with E-state index in [0.29, 0.717) is 5.96 Å². The summed E-state index contributed by atoms with van der Waals surface area (Å²) in [7, 11) is 6.93. The summed E-state index contributed by atoms with van der Waals surface area (Å²) >= 11 is 0. The highest BCUT2D eigenvalue weighted by molar-refractivity contribution is 5.84. The highest BCUT2D eigenvalue weighted by Crippen LogP contribution is 2.40. The summed E-state index contributed by atoms with van der Waals surface area (Å²) < 4.78 is 10.6. The molecule has 168 valence electrons. The molecule has 1 aromatic carbocycles. The fourth-order valence-electron chi connectivity index (χ4n) is 3.81. The molecule has 1 aliphatic rings. The molecule has 0 spiro atoms. The molecule has 0 bridgehead atoms. The van der Waals surface area contributed by atoms with E-state index in [1.807, 2.05) is 12.1 Å². The highest BCUT2D eigenvalue weighted by atomic mass is 16.5. The Kier molecular flexibility index (Phi) is 9.94. The third-order valence-corrected chi connectivity index (χ3v) is 5.87. The zero-order valence-electron chi connectivity index (χ0n) is 19.0. The zero-order valence-corrected chi connectivity index (χ0v) is 19.0. The number of ether oxygens (including phenoxy) is 2. The summed E-state index contributed by atoms with van der Waals surface area (Å²) in [6, 6.07) is 8.08. The molecular formula is C23H38N4O3. The molecule has 0 aliphatic heterocycles. The third-order valence-electron chi connectivity index (χ3n) is 5.87. The molecule has 0 atom stereocenters. The average Bonchev–Trinajstić information content (AvgIpc) is 3.23. The van der Waals surface area contributed by atoms with Gasteiger partial charge in [-0.1, -0.05) is 25.0 Å². The first-order valence-electron chi connectivity index (χ1n) is 10.8. The molecule has 0 saturated heterocycles. The van der Waals surface area contributed by atoms with Crippen LogP contribution in [0.4, 0.5) is 0 Å². The smallest absolute Gasteiger partial charge is 0.243 e. The number of amides is 1. The number of hydrogen-bond donors (Lipinski definition) is 2. The van der Waals surface area contributed by atoms with E-state index >= 15 is 0 Å². The van der Waals surface area contributed by atoms with Crippen LogP contribution in [0.5, 0.6) is 5.75 Å². The number of benzene rings is 1. The predicted octanol–water partition coefficient (Wildman–Crippen LogP) is 2.46. The Morgan fingerprint density at radius 2 is 1.83 bits per heavy atom. The second kappa shape index (κ2) is 12.4. The lowest BCUT2D eigenvalue weighted by atomic mass is 9.83. The van der Waals surface area contributed by atoms with Crippen molar-refractivity contribution in [2.75, 3.05) is 54.6 Å². The van der Waals surface area contributed by atoms with E-state index in [9.17, 15) is 4.79 Å². The van der Waals surface area contributed by atoms with Crippen molar-refractivity contribution < 1.29 is 14.3 Å². The first-order chi connectivity index (χ1) is 14.5. The van der Waals surface area contributed by atoms with Gasteiger partial charge >= 0.3 is 0 Å². The third kappa shape index (κ3) is 7.86. The van der Waals surface area contributed by atoms with Gasteiger partial charge in [0.1, 0.15) is 12.3 Å². The molecule has 1 fully saturated rings. The van der Waals surface area contributed by atoms with Crippen LogP contribution in [0.1, 0.15) is 37.7 Å². The van der Waals surface area contributed by atoms with E-state index in [1.54, 1.807) is 33.2 Å². The number of aliphatic imine (C=N–C) groups is 1. The minimum Gasteiger partial charge on any atom is -0.497 e. The molecule has 7 nitrogen and oxygen atoms in total. The van der Waals surface area contributed by atoms with E-state index in [1.165, 1.54) is 31.2 Å². The fraction of sp³-hybridized carbons (Fsp3) is 0.652. The van der Waals surface area contributed by atoms with E-state index in [4.69, 9.17) is 9.47 Å². The monoisotopic (exact) mass is 418 g/mol. The van der Waals surface area contributed by atoms with Crippen molar-refractivity contribution in [1.29, 1.82) is 0 Å². The summed E-state index contributed by atoms with van der Waals surface area (Å²) in [6.45, 7) is 2.49. The summed E-state index contributed by atoms with van der Waals surface area (Å²) in [4.78, 5) is 18.1. The Morgan fingerprint density at radius 3 is 2.43 bits per heavy atom. The number of carbonyl (C=O) groups is 1. The van der Waals surface area contributed by atoms with Gasteiger partial charge in [-0.25, -0.2) is 4.99 Å². The Labute approximate surface area is 181 Å². The maximum Gasteiger partial charge on any atom is 0.243 e. The lowest BCUT2D eigenvalue weighted by molar-refractivity contribution is -0.127. The van der Waals surface area contributed by atoms with Gasteiger partial charge in [-0.2, -0.15) is 0 Å². The van der Waals surface area contributed by atoms with Crippen LogP contribution in [0.25, 0.3) is 0 Å². The van der Waals surface area contributed by atoms with Gasteiger partial charge in [0.2, 0.25) is 5.91 Å². The molecule has 0 radical (unpaired) electrons. The summed E-state index contributed by atoms with van der Waals surface area (Å²) in [5.74, 6) is 1.54. The van der Waals surface area contributed by atoms with E-state index < -0.39 is 0 Å². The number of nitrogens with zero attached hydrogens (tertiary/aromatic N) is 2. The Bertz CT molecular complexity index is 668. The summed E-state index contributed by atoms with van der Waals surface area (Å²) in [5, 5.41) is 6.90. The minimum atomic E-state index is -0.0128. The molecule has 1 amide bonds. The van der Waals surface area contributed by atoms with Crippen LogP contribution in [0.3, 0.4) is 0 Å². The van der Waals surface area contributed by atoms with Crippen molar-refractivity contribution in [1.82, 2.24) is 15.5 Å². The van der Waals surface area contributed by atoms with Crippen LogP contribution < -0.4 is 15.4 Å². The molecule has 1 saturated carbocycles. The maximum atomic E-state index is 12.0. The number of hydrogen-bond acceptors (Lipinski definition) is 4. The van der Waals surface area contributed by atoms with E-state index in [0.717, 1.165) is 38.3 Å². The van der Waals surface area contributed by atoms with Gasteiger partial charge in [-0.15, -0.1) is 0 Å². The molecule has 0 aromatic heterocycles. The SMILES string of the molecule is COCCC1(CNC(=NCC(=O)N(C)C)NCCc2ccc(OC)cc2)CCCC1. The zero-order chi connectivity index (χ0) is 21.8. The maximum absolute atomic E-state index is 12.0. The van der Waals surface area contributed by atoms with Crippen LogP contribution in [0.2, 0.25) is 0 Å². The molecule has 0 unspecified atom stereocenters. The standard InChI is InChI=1S/C23H38N4O3/c1-27(2)21(28)17-25-22(24-15-11-19-7-9-20(30-4)10-8-19)26-18-23(14-16-29-3)12-5-6-13-23/h7-10H,5-6,11-18H2,1-4H3,(H2,24,25,26). The van der Waals surface area contributed by atoms with Crippen molar-refractivity contribution in [2.24, 2.45) is 10.4 Å². The lowest BCUT2D eigenvalue weighted by Crippen LogP contribution is -2.44. The van der Waals surface area contributed by atoms with Gasteiger partial charge in [0.05, 0.1) is 7.11 Å². The molecule has 1 aromatic rings. The topological polar surface area (TPSA) is 75.2 Å². The minimum absolute atomic E-state index is 0.0128. The Balaban J connectivity index is 1.94. The van der Waals surface area contributed by atoms with E-state index in [2.05, 4.69) is 27.8 Å². The molecule has 0 heterocycles. The molecule has 1 aliphatic carbocycles. The molecule has 2 N–H and O–H groups in total. The molecular weight excluding hydrogens is 380 g/mol. The highest BCUT2D eigenvalue weighted by Gasteiger charge is 2.33. The number of rotatable bonds is 11. The summed E-state index contributed by atoms with van der Waals surface area (Å²) in [6.07, 6.45) is 6.86. The van der Waals surface area contributed by atoms with E-state index in [-0.39, 0.29) is 17.9 Å². The number of likely N-dealkylation sites (N-methyl/N-ethyl adjacent to an activating group) is 1. The summed E-state index contributed by atoms with van der Waals surface area (Å²) in [5.41, 5.74) is 1.47. The van der Waals surface area contributed by atoms with Crippen LogP contribution in [-0.2, 0) is 16.0 Å². The lowest BCUT2D eigenvalue weighted by Gasteiger charge is -2.30. The number of guanidine groups is 1. The van der Waals surface area contributed by atoms with Crippen molar-refractivity contribution in [2.45, 2.75) is 38.5 Å². The van der Waals surface area contributed by atoms with Crippen LogP contribution in [0, 0.1) is 5.41 Å². The second-order valence-electron chi connectivity index (χ2n) is 8.28. The molecule has 7 heteroatoms. The van der Waals surface area contributed by atoms with Crippen LogP contribution in [0.15, 0.2) is 29.3 Å².